The molecule has 0 aliphatic carbocycles. The first-order chi connectivity index (χ1) is 12.4. The minimum atomic E-state index is -1.19. The van der Waals surface area contributed by atoms with E-state index in [4.69, 9.17) is 4.74 Å². The smallest absolute Gasteiger partial charge is 0.330 e. The molecule has 0 atom stereocenters. The second-order valence-corrected chi connectivity index (χ2v) is 7.00. The molecular formula is C18H18N4O3S. The van der Waals surface area contributed by atoms with Crippen molar-refractivity contribution in [3.05, 3.63) is 53.7 Å². The van der Waals surface area contributed by atoms with E-state index in [1.807, 2.05) is 47.8 Å². The summed E-state index contributed by atoms with van der Waals surface area (Å²) in [7, 11) is 1.27. The van der Waals surface area contributed by atoms with Crippen LogP contribution < -0.4 is 5.32 Å². The van der Waals surface area contributed by atoms with Crippen LogP contribution in [-0.4, -0.2) is 39.3 Å². The Morgan fingerprint density at radius 2 is 1.88 bits per heavy atom. The standard InChI is InChI=1S/C18H18N4O3S/c1-18(2,17(24)25-3)20-16(23)14-19-15(13-10-7-11-26-13)22(21-14)12-8-5-4-6-9-12/h4-11H,1-3H3,(H,20,23). The number of carbonyl (C=O) groups excluding carboxylic acids is 2. The summed E-state index contributed by atoms with van der Waals surface area (Å²) in [4.78, 5) is 29.7. The second-order valence-electron chi connectivity index (χ2n) is 6.05. The number of hydrogen-bond acceptors (Lipinski definition) is 6. The maximum absolute atomic E-state index is 12.6. The van der Waals surface area contributed by atoms with Crippen LogP contribution in [0.5, 0.6) is 0 Å². The van der Waals surface area contributed by atoms with E-state index in [0.717, 1.165) is 10.6 Å². The van der Waals surface area contributed by atoms with Gasteiger partial charge in [-0.1, -0.05) is 24.3 Å². The Morgan fingerprint density at radius 3 is 2.50 bits per heavy atom. The lowest BCUT2D eigenvalue weighted by Gasteiger charge is -2.22. The Morgan fingerprint density at radius 1 is 1.15 bits per heavy atom. The summed E-state index contributed by atoms with van der Waals surface area (Å²) in [6.07, 6.45) is 0. The average Bonchev–Trinajstić information content (AvgIpc) is 3.30. The van der Waals surface area contributed by atoms with Crippen LogP contribution in [0.4, 0.5) is 0 Å². The van der Waals surface area contributed by atoms with Crippen LogP contribution in [0.15, 0.2) is 47.8 Å². The Labute approximate surface area is 154 Å². The number of nitrogens with one attached hydrogen (secondary N) is 1. The molecule has 0 aliphatic heterocycles. The van der Waals surface area contributed by atoms with Gasteiger partial charge in [-0.15, -0.1) is 16.4 Å². The summed E-state index contributed by atoms with van der Waals surface area (Å²) in [5, 5.41) is 8.90. The summed E-state index contributed by atoms with van der Waals surface area (Å²) < 4.78 is 6.33. The number of benzene rings is 1. The van der Waals surface area contributed by atoms with Crippen LogP contribution in [0.1, 0.15) is 24.5 Å². The molecule has 26 heavy (non-hydrogen) atoms. The summed E-state index contributed by atoms with van der Waals surface area (Å²) in [6.45, 7) is 3.12. The molecular weight excluding hydrogens is 352 g/mol. The van der Waals surface area contributed by atoms with Crippen molar-refractivity contribution in [3.63, 3.8) is 0 Å². The zero-order valence-electron chi connectivity index (χ0n) is 14.6. The van der Waals surface area contributed by atoms with Gasteiger partial charge in [-0.3, -0.25) is 4.79 Å². The van der Waals surface area contributed by atoms with Gasteiger partial charge in [0.05, 0.1) is 17.7 Å². The molecule has 0 fully saturated rings. The van der Waals surface area contributed by atoms with Crippen molar-refractivity contribution in [2.24, 2.45) is 0 Å². The maximum Gasteiger partial charge on any atom is 0.330 e. The normalized spacial score (nSPS) is 11.2. The van der Waals surface area contributed by atoms with Gasteiger partial charge in [0.25, 0.3) is 5.91 Å². The molecule has 3 rings (SSSR count). The van der Waals surface area contributed by atoms with Crippen LogP contribution in [0.3, 0.4) is 0 Å². The van der Waals surface area contributed by atoms with Crippen molar-refractivity contribution in [3.8, 4) is 16.4 Å². The van der Waals surface area contributed by atoms with Crippen LogP contribution in [0.2, 0.25) is 0 Å². The van der Waals surface area contributed by atoms with Crippen molar-refractivity contribution in [2.75, 3.05) is 7.11 Å². The first-order valence-corrected chi connectivity index (χ1v) is 8.77. The molecule has 0 spiro atoms. The first-order valence-electron chi connectivity index (χ1n) is 7.89. The fourth-order valence-electron chi connectivity index (χ4n) is 2.37. The van der Waals surface area contributed by atoms with Gasteiger partial charge >= 0.3 is 5.97 Å². The Kier molecular flexibility index (Phi) is 4.85. The number of methoxy groups -OCH3 is 1. The van der Waals surface area contributed by atoms with Gasteiger partial charge in [0.1, 0.15) is 5.54 Å². The van der Waals surface area contributed by atoms with Crippen LogP contribution >= 0.6 is 11.3 Å². The lowest BCUT2D eigenvalue weighted by molar-refractivity contribution is -0.146. The molecule has 0 saturated heterocycles. The van der Waals surface area contributed by atoms with Gasteiger partial charge in [0.2, 0.25) is 5.82 Å². The topological polar surface area (TPSA) is 86.1 Å². The Hall–Kier alpha value is -3.00. The van der Waals surface area contributed by atoms with Gasteiger partial charge in [0.15, 0.2) is 5.82 Å². The van der Waals surface area contributed by atoms with Crippen molar-refractivity contribution in [1.29, 1.82) is 0 Å². The number of amides is 1. The molecule has 0 saturated carbocycles. The lowest BCUT2D eigenvalue weighted by atomic mass is 10.1. The number of rotatable bonds is 5. The molecule has 0 aliphatic rings. The fraction of sp³-hybridized carbons (Fsp3) is 0.222. The molecule has 2 heterocycles. The van der Waals surface area contributed by atoms with Gasteiger partial charge in [-0.25, -0.2) is 14.5 Å². The third-order valence-electron chi connectivity index (χ3n) is 3.67. The SMILES string of the molecule is COC(=O)C(C)(C)NC(=O)c1nc(-c2cccs2)n(-c2ccccc2)n1. The number of carbonyl (C=O) groups is 2. The third-order valence-corrected chi connectivity index (χ3v) is 4.54. The van der Waals surface area contributed by atoms with Gasteiger partial charge in [0, 0.05) is 0 Å². The molecule has 1 amide bonds. The number of esters is 1. The average molecular weight is 370 g/mol. The highest BCUT2D eigenvalue weighted by Gasteiger charge is 2.32. The molecule has 0 bridgehead atoms. The van der Waals surface area contributed by atoms with E-state index in [9.17, 15) is 9.59 Å². The Balaban J connectivity index is 1.99. The minimum Gasteiger partial charge on any atom is -0.467 e. The number of nitrogens with zero attached hydrogens (tertiary/aromatic N) is 3. The fourth-order valence-corrected chi connectivity index (χ4v) is 3.07. The van der Waals surface area contributed by atoms with Gasteiger partial charge < -0.3 is 10.1 Å². The molecule has 3 aromatic rings. The molecule has 1 N–H and O–H groups in total. The van der Waals surface area contributed by atoms with E-state index in [0.29, 0.717) is 5.82 Å². The number of hydrogen-bond donors (Lipinski definition) is 1. The molecule has 0 radical (unpaired) electrons. The van der Waals surface area contributed by atoms with Crippen molar-refractivity contribution >= 4 is 23.2 Å². The van der Waals surface area contributed by atoms with Crippen LogP contribution in [-0.2, 0) is 9.53 Å². The van der Waals surface area contributed by atoms with E-state index in [1.165, 1.54) is 18.4 Å². The number of ether oxygens (including phenoxy) is 1. The largest absolute Gasteiger partial charge is 0.467 e. The van der Waals surface area contributed by atoms with Crippen molar-refractivity contribution in [2.45, 2.75) is 19.4 Å². The molecule has 2 aromatic heterocycles. The lowest BCUT2D eigenvalue weighted by Crippen LogP contribution is -2.50. The third kappa shape index (κ3) is 3.50. The summed E-state index contributed by atoms with van der Waals surface area (Å²) >= 11 is 1.50. The van der Waals surface area contributed by atoms with Crippen molar-refractivity contribution < 1.29 is 14.3 Å². The highest BCUT2D eigenvalue weighted by atomic mass is 32.1. The monoisotopic (exact) mass is 370 g/mol. The highest BCUT2D eigenvalue weighted by molar-refractivity contribution is 7.13. The zero-order chi connectivity index (χ0) is 18.7. The predicted octanol–water partition coefficient (Wildman–Crippen LogP) is 2.68. The van der Waals surface area contributed by atoms with E-state index in [1.54, 1.807) is 18.5 Å². The first kappa shape index (κ1) is 17.8. The summed E-state index contributed by atoms with van der Waals surface area (Å²) in [5.41, 5.74) is -0.401. The van der Waals surface area contributed by atoms with E-state index < -0.39 is 17.4 Å². The van der Waals surface area contributed by atoms with Crippen LogP contribution in [0, 0.1) is 0 Å². The molecule has 134 valence electrons. The summed E-state index contributed by atoms with van der Waals surface area (Å²) in [6, 6.07) is 13.2. The summed E-state index contributed by atoms with van der Waals surface area (Å²) in [5.74, 6) is -0.554. The predicted molar refractivity (Wildman–Crippen MR) is 98.2 cm³/mol. The van der Waals surface area contributed by atoms with Crippen LogP contribution in [0.25, 0.3) is 16.4 Å². The van der Waals surface area contributed by atoms with Crippen molar-refractivity contribution in [1.82, 2.24) is 20.1 Å². The zero-order valence-corrected chi connectivity index (χ0v) is 15.4. The highest BCUT2D eigenvalue weighted by Crippen LogP contribution is 2.25. The van der Waals surface area contributed by atoms with Gasteiger partial charge in [-0.05, 0) is 37.4 Å². The van der Waals surface area contributed by atoms with E-state index in [2.05, 4.69) is 15.4 Å². The quantitative estimate of drug-likeness (QED) is 0.698. The number of para-hydroxylation sites is 1. The minimum absolute atomic E-state index is 0.0192. The van der Waals surface area contributed by atoms with Gasteiger partial charge in [-0.2, -0.15) is 0 Å². The second kappa shape index (κ2) is 7.09. The molecule has 1 aromatic carbocycles. The molecule has 7 nitrogen and oxygen atoms in total. The van der Waals surface area contributed by atoms with E-state index >= 15 is 0 Å². The van der Waals surface area contributed by atoms with E-state index in [-0.39, 0.29) is 5.82 Å². The maximum atomic E-state index is 12.6. The Bertz CT molecular complexity index is 917. The molecule has 8 heteroatoms. The number of thiophene rings is 1. The molecule has 0 unspecified atom stereocenters. The number of aromatic nitrogens is 3.